The van der Waals surface area contributed by atoms with Crippen LogP contribution < -0.4 is 15.4 Å². The highest BCUT2D eigenvalue weighted by Gasteiger charge is 2.15. The van der Waals surface area contributed by atoms with Crippen LogP contribution in [-0.2, 0) is 4.79 Å². The predicted octanol–water partition coefficient (Wildman–Crippen LogP) is 2.19. The monoisotopic (exact) mass is 345 g/mol. The van der Waals surface area contributed by atoms with Gasteiger partial charge < -0.3 is 15.8 Å². The van der Waals surface area contributed by atoms with Crippen LogP contribution >= 0.6 is 11.8 Å². The molecular formula is C17H19N3O3S. The summed E-state index contributed by atoms with van der Waals surface area (Å²) in [5.74, 6) is -0.450. The van der Waals surface area contributed by atoms with Crippen LogP contribution in [-0.4, -0.2) is 23.6 Å². The molecule has 0 spiro atoms. The fourth-order valence-electron chi connectivity index (χ4n) is 1.98. The zero-order valence-corrected chi connectivity index (χ0v) is 14.3. The Morgan fingerprint density at radius 3 is 2.58 bits per heavy atom. The van der Waals surface area contributed by atoms with Crippen LogP contribution in [0, 0.1) is 5.21 Å². The summed E-state index contributed by atoms with van der Waals surface area (Å²) in [5.41, 5.74) is 0.854. The van der Waals surface area contributed by atoms with E-state index in [1.807, 2.05) is 13.8 Å². The first kappa shape index (κ1) is 17.8. The van der Waals surface area contributed by atoms with Gasteiger partial charge in [-0.3, -0.25) is 9.59 Å². The van der Waals surface area contributed by atoms with E-state index >= 15 is 0 Å². The molecule has 2 amide bonds. The van der Waals surface area contributed by atoms with Gasteiger partial charge in [-0.25, -0.2) is 0 Å². The van der Waals surface area contributed by atoms with E-state index in [0.717, 1.165) is 11.8 Å². The number of anilines is 1. The first-order valence-electron chi connectivity index (χ1n) is 7.48. The normalized spacial score (nSPS) is 10.5. The lowest BCUT2D eigenvalue weighted by Crippen LogP contribution is -2.31. The smallest absolute Gasteiger partial charge is 0.253 e. The summed E-state index contributed by atoms with van der Waals surface area (Å²) >= 11 is 1.14. The quantitative estimate of drug-likeness (QED) is 0.477. The minimum Gasteiger partial charge on any atom is -0.618 e. The van der Waals surface area contributed by atoms with Crippen molar-refractivity contribution in [3.63, 3.8) is 0 Å². The van der Waals surface area contributed by atoms with E-state index in [-0.39, 0.29) is 23.6 Å². The minimum absolute atomic E-state index is 0.00222. The Hall–Kier alpha value is -2.54. The third kappa shape index (κ3) is 4.99. The Morgan fingerprint density at radius 1 is 1.17 bits per heavy atom. The van der Waals surface area contributed by atoms with Gasteiger partial charge in [0.05, 0.1) is 17.0 Å². The Morgan fingerprint density at radius 2 is 1.88 bits per heavy atom. The van der Waals surface area contributed by atoms with Crippen molar-refractivity contribution in [2.24, 2.45) is 0 Å². The van der Waals surface area contributed by atoms with Crippen LogP contribution in [0.1, 0.15) is 24.2 Å². The van der Waals surface area contributed by atoms with E-state index in [2.05, 4.69) is 10.6 Å². The molecule has 2 aromatic rings. The summed E-state index contributed by atoms with van der Waals surface area (Å²) in [7, 11) is 0. The summed E-state index contributed by atoms with van der Waals surface area (Å²) in [6.07, 6.45) is 1.38. The number of hydrogen-bond acceptors (Lipinski definition) is 4. The number of nitrogens with one attached hydrogen (secondary N) is 2. The van der Waals surface area contributed by atoms with Gasteiger partial charge in [0.25, 0.3) is 10.9 Å². The molecule has 126 valence electrons. The fraction of sp³-hybridized carbons (Fsp3) is 0.235. The molecule has 0 bridgehead atoms. The van der Waals surface area contributed by atoms with Crippen LogP contribution in [0.2, 0.25) is 0 Å². The zero-order valence-electron chi connectivity index (χ0n) is 13.5. The maximum Gasteiger partial charge on any atom is 0.253 e. The Labute approximate surface area is 144 Å². The van der Waals surface area contributed by atoms with Crippen LogP contribution in [0.4, 0.5) is 5.69 Å². The van der Waals surface area contributed by atoms with Crippen LogP contribution in [0.15, 0.2) is 53.7 Å². The van der Waals surface area contributed by atoms with Crippen molar-refractivity contribution in [2.45, 2.75) is 24.9 Å². The summed E-state index contributed by atoms with van der Waals surface area (Å²) in [4.78, 5) is 24.3. The molecule has 0 unspecified atom stereocenters. The van der Waals surface area contributed by atoms with Crippen molar-refractivity contribution in [2.75, 3.05) is 11.1 Å². The van der Waals surface area contributed by atoms with E-state index < -0.39 is 0 Å². The van der Waals surface area contributed by atoms with Crippen molar-refractivity contribution < 1.29 is 14.3 Å². The molecule has 0 radical (unpaired) electrons. The summed E-state index contributed by atoms with van der Waals surface area (Å²) in [6, 6.07) is 11.8. The fourth-order valence-corrected chi connectivity index (χ4v) is 2.69. The lowest BCUT2D eigenvalue weighted by molar-refractivity contribution is -0.645. The van der Waals surface area contributed by atoms with E-state index in [0.29, 0.717) is 21.0 Å². The molecule has 6 nitrogen and oxygen atoms in total. The number of benzene rings is 1. The molecule has 0 aliphatic rings. The highest BCUT2D eigenvalue weighted by Crippen LogP contribution is 2.17. The topological polar surface area (TPSA) is 85.1 Å². The third-order valence-corrected chi connectivity index (χ3v) is 4.02. The highest BCUT2D eigenvalue weighted by atomic mass is 32.2. The Balaban J connectivity index is 2.01. The largest absolute Gasteiger partial charge is 0.618 e. The number of thioether (sulfide) groups is 1. The van der Waals surface area contributed by atoms with Gasteiger partial charge in [0.2, 0.25) is 5.91 Å². The first-order valence-corrected chi connectivity index (χ1v) is 8.46. The molecule has 0 saturated heterocycles. The summed E-state index contributed by atoms with van der Waals surface area (Å²) < 4.78 is 0.710. The van der Waals surface area contributed by atoms with Gasteiger partial charge in [0.15, 0.2) is 6.20 Å². The molecule has 0 aliphatic carbocycles. The number of para-hydroxylation sites is 1. The number of rotatable bonds is 6. The number of aromatic nitrogens is 1. The van der Waals surface area contributed by atoms with E-state index in [9.17, 15) is 14.8 Å². The molecule has 0 aliphatic heterocycles. The van der Waals surface area contributed by atoms with Gasteiger partial charge in [-0.1, -0.05) is 12.1 Å². The number of pyridine rings is 1. The van der Waals surface area contributed by atoms with Crippen molar-refractivity contribution >= 4 is 29.3 Å². The van der Waals surface area contributed by atoms with Crippen LogP contribution in [0.25, 0.3) is 0 Å². The molecule has 1 aromatic heterocycles. The second-order valence-electron chi connectivity index (χ2n) is 5.38. The number of hydrogen-bond donors (Lipinski definition) is 2. The van der Waals surface area contributed by atoms with E-state index in [1.165, 1.54) is 6.20 Å². The number of carbonyl (C=O) groups excluding carboxylic acids is 2. The van der Waals surface area contributed by atoms with Gasteiger partial charge >= 0.3 is 0 Å². The molecule has 1 heterocycles. The zero-order chi connectivity index (χ0) is 17.5. The van der Waals surface area contributed by atoms with Gasteiger partial charge in [-0.2, -0.15) is 4.73 Å². The molecule has 0 atom stereocenters. The molecule has 0 saturated carbocycles. The van der Waals surface area contributed by atoms with Crippen molar-refractivity contribution in [3.05, 3.63) is 59.4 Å². The molecule has 2 N–H and O–H groups in total. The van der Waals surface area contributed by atoms with E-state index in [4.69, 9.17) is 0 Å². The lowest BCUT2D eigenvalue weighted by atomic mass is 10.1. The van der Waals surface area contributed by atoms with Gasteiger partial charge in [0, 0.05) is 18.2 Å². The molecule has 1 aromatic carbocycles. The minimum atomic E-state index is -0.284. The SMILES string of the molecule is CC(C)NC(=O)c1ccccc1NC(=O)CSc1cccc[n+]1[O-]. The Bertz CT molecular complexity index is 735. The highest BCUT2D eigenvalue weighted by molar-refractivity contribution is 7.99. The van der Waals surface area contributed by atoms with Crippen molar-refractivity contribution in [3.8, 4) is 0 Å². The van der Waals surface area contributed by atoms with Crippen molar-refractivity contribution in [1.29, 1.82) is 0 Å². The Kier molecular flexibility index (Phi) is 6.20. The second kappa shape index (κ2) is 8.35. The number of nitrogens with zero attached hydrogens (tertiary/aromatic N) is 1. The maximum absolute atomic E-state index is 12.2. The molecule has 7 heteroatoms. The summed E-state index contributed by atoms with van der Waals surface area (Å²) in [5, 5.41) is 17.5. The number of carbonyl (C=O) groups is 2. The van der Waals surface area contributed by atoms with E-state index in [1.54, 1.807) is 42.5 Å². The first-order chi connectivity index (χ1) is 11.5. The predicted molar refractivity (Wildman–Crippen MR) is 93.8 cm³/mol. The van der Waals surface area contributed by atoms with Crippen molar-refractivity contribution in [1.82, 2.24) is 5.32 Å². The van der Waals surface area contributed by atoms with Gasteiger partial charge in [0.1, 0.15) is 0 Å². The number of amides is 2. The lowest BCUT2D eigenvalue weighted by Gasteiger charge is -2.13. The third-order valence-electron chi connectivity index (χ3n) is 3.01. The molecule has 2 rings (SSSR count). The van der Waals surface area contributed by atoms with Gasteiger partial charge in [-0.05, 0) is 43.8 Å². The maximum atomic E-state index is 12.2. The molecule has 24 heavy (non-hydrogen) atoms. The average Bonchev–Trinajstić information content (AvgIpc) is 2.54. The molecular weight excluding hydrogens is 326 g/mol. The molecule has 0 fully saturated rings. The summed E-state index contributed by atoms with van der Waals surface area (Å²) in [6.45, 7) is 3.74. The second-order valence-corrected chi connectivity index (χ2v) is 6.37. The van der Waals surface area contributed by atoms with Crippen LogP contribution in [0.5, 0.6) is 0 Å². The van der Waals surface area contributed by atoms with Crippen LogP contribution in [0.3, 0.4) is 0 Å². The standard InChI is InChI=1S/C17H19N3O3S/c1-12(2)18-17(22)13-7-3-4-8-14(13)19-15(21)11-24-16-9-5-6-10-20(16)23/h3-10,12H,11H2,1-2H3,(H,18,22)(H,19,21). The van der Waals surface area contributed by atoms with Gasteiger partial charge in [-0.15, -0.1) is 0 Å². The average molecular weight is 345 g/mol.